The third kappa shape index (κ3) is 2.61. The molecule has 0 radical (unpaired) electrons. The van der Waals surface area contributed by atoms with Crippen LogP contribution in [0.15, 0.2) is 59.8 Å². The van der Waals surface area contributed by atoms with Crippen molar-refractivity contribution in [3.8, 4) is 5.69 Å². The molecule has 4 rings (SSSR count). The molecular weight excluding hydrogens is 306 g/mol. The van der Waals surface area contributed by atoms with Crippen LogP contribution in [0.25, 0.3) is 16.6 Å². The first-order chi connectivity index (χ1) is 11.3. The van der Waals surface area contributed by atoms with Crippen molar-refractivity contribution in [3.63, 3.8) is 0 Å². The smallest absolute Gasteiger partial charge is 0.214 e. The van der Waals surface area contributed by atoms with Crippen molar-refractivity contribution in [2.24, 2.45) is 0 Å². The van der Waals surface area contributed by atoms with Crippen LogP contribution in [0.3, 0.4) is 0 Å². The number of rotatable bonds is 4. The molecule has 0 fully saturated rings. The lowest BCUT2D eigenvalue weighted by atomic mass is 10.1. The number of hydrogen-bond acceptors (Lipinski definition) is 4. The molecular formula is C17H15N5S. The van der Waals surface area contributed by atoms with Crippen LogP contribution in [0.5, 0.6) is 0 Å². The Morgan fingerprint density at radius 1 is 1.04 bits per heavy atom. The maximum absolute atomic E-state index is 4.16. The molecule has 0 unspecified atom stereocenters. The number of fused-ring (bicyclic) bond motifs is 1. The van der Waals surface area contributed by atoms with Gasteiger partial charge in [-0.1, -0.05) is 48.2 Å². The van der Waals surface area contributed by atoms with Gasteiger partial charge in [-0.25, -0.2) is 0 Å². The van der Waals surface area contributed by atoms with E-state index in [1.54, 1.807) is 16.4 Å². The van der Waals surface area contributed by atoms with Crippen molar-refractivity contribution in [3.05, 3.63) is 65.9 Å². The molecule has 0 aliphatic carbocycles. The Labute approximate surface area is 137 Å². The monoisotopic (exact) mass is 321 g/mol. The first kappa shape index (κ1) is 14.0. The lowest BCUT2D eigenvalue weighted by molar-refractivity contribution is 0.756. The third-order valence-electron chi connectivity index (χ3n) is 3.81. The van der Waals surface area contributed by atoms with Gasteiger partial charge < -0.3 is 4.98 Å². The molecule has 2 aromatic carbocycles. The van der Waals surface area contributed by atoms with E-state index in [0.717, 1.165) is 16.6 Å². The van der Waals surface area contributed by atoms with E-state index in [-0.39, 0.29) is 0 Å². The normalized spacial score (nSPS) is 11.2. The molecule has 0 aliphatic rings. The van der Waals surface area contributed by atoms with Gasteiger partial charge in [-0.15, -0.1) is 5.10 Å². The zero-order valence-electron chi connectivity index (χ0n) is 12.6. The van der Waals surface area contributed by atoms with Gasteiger partial charge in [0.05, 0.1) is 5.69 Å². The number of aryl methyl sites for hydroxylation is 1. The lowest BCUT2D eigenvalue weighted by Crippen LogP contribution is -1.98. The number of thioether (sulfide) groups is 1. The summed E-state index contributed by atoms with van der Waals surface area (Å²) in [5, 5.41) is 14.1. The summed E-state index contributed by atoms with van der Waals surface area (Å²) in [5.74, 6) is 0.822. The molecule has 6 heteroatoms. The number of aromatic nitrogens is 5. The third-order valence-corrected chi connectivity index (χ3v) is 4.76. The van der Waals surface area contributed by atoms with E-state index in [9.17, 15) is 0 Å². The van der Waals surface area contributed by atoms with Crippen LogP contribution < -0.4 is 0 Å². The fraction of sp³-hybridized carbons (Fsp3) is 0.118. The molecule has 1 N–H and O–H groups in total. The summed E-state index contributed by atoms with van der Waals surface area (Å²) in [7, 11) is 0. The second-order valence-corrected chi connectivity index (χ2v) is 6.21. The summed E-state index contributed by atoms with van der Waals surface area (Å²) in [6.07, 6.45) is 0. The summed E-state index contributed by atoms with van der Waals surface area (Å²) >= 11 is 1.64. The van der Waals surface area contributed by atoms with Gasteiger partial charge in [-0.05, 0) is 41.1 Å². The number of nitrogens with zero attached hydrogens (tertiary/aromatic N) is 4. The fourth-order valence-electron chi connectivity index (χ4n) is 2.66. The fourth-order valence-corrected chi connectivity index (χ4v) is 3.66. The van der Waals surface area contributed by atoms with E-state index in [2.05, 4.69) is 45.6 Å². The highest BCUT2D eigenvalue weighted by molar-refractivity contribution is 7.98. The van der Waals surface area contributed by atoms with Crippen molar-refractivity contribution < 1.29 is 0 Å². The maximum atomic E-state index is 4.16. The van der Waals surface area contributed by atoms with E-state index in [1.165, 1.54) is 22.2 Å². The van der Waals surface area contributed by atoms with Gasteiger partial charge in [-0.3, -0.25) is 0 Å². The van der Waals surface area contributed by atoms with Crippen LogP contribution >= 0.6 is 11.8 Å². The number of benzene rings is 2. The maximum Gasteiger partial charge on any atom is 0.214 e. The lowest BCUT2D eigenvalue weighted by Gasteiger charge is -2.04. The largest absolute Gasteiger partial charge is 0.358 e. The molecule has 0 saturated carbocycles. The molecule has 0 amide bonds. The highest BCUT2D eigenvalue weighted by atomic mass is 32.2. The Morgan fingerprint density at radius 3 is 2.70 bits per heavy atom. The molecule has 0 aliphatic heterocycles. The Hall–Kier alpha value is -2.60. The average molecular weight is 321 g/mol. The number of tetrazole rings is 1. The topological polar surface area (TPSA) is 59.4 Å². The van der Waals surface area contributed by atoms with Crippen LogP contribution in [0.1, 0.15) is 11.3 Å². The highest BCUT2D eigenvalue weighted by Gasteiger charge is 2.12. The van der Waals surface area contributed by atoms with Gasteiger partial charge in [0.15, 0.2) is 0 Å². The van der Waals surface area contributed by atoms with E-state index in [0.29, 0.717) is 0 Å². The van der Waals surface area contributed by atoms with Crippen molar-refractivity contribution in [2.75, 3.05) is 0 Å². The van der Waals surface area contributed by atoms with Crippen LogP contribution in [0, 0.1) is 6.92 Å². The Balaban J connectivity index is 1.63. The molecule has 4 aromatic rings. The second-order valence-electron chi connectivity index (χ2n) is 5.27. The summed E-state index contributed by atoms with van der Waals surface area (Å²) in [6.45, 7) is 2.11. The number of aromatic amines is 1. The van der Waals surface area contributed by atoms with Gasteiger partial charge in [0.1, 0.15) is 0 Å². The Morgan fingerprint density at radius 2 is 1.83 bits per heavy atom. The van der Waals surface area contributed by atoms with E-state index >= 15 is 0 Å². The van der Waals surface area contributed by atoms with Crippen LogP contribution in [0.2, 0.25) is 0 Å². The number of hydrogen-bond donors (Lipinski definition) is 1. The summed E-state index contributed by atoms with van der Waals surface area (Å²) in [4.78, 5) is 3.43. The first-order valence-electron chi connectivity index (χ1n) is 7.36. The zero-order valence-corrected chi connectivity index (χ0v) is 13.4. The predicted molar refractivity (Wildman–Crippen MR) is 91.8 cm³/mol. The van der Waals surface area contributed by atoms with Crippen molar-refractivity contribution in [1.82, 2.24) is 25.2 Å². The molecule has 23 heavy (non-hydrogen) atoms. The molecule has 0 saturated heterocycles. The quantitative estimate of drug-likeness (QED) is 0.582. The molecule has 0 atom stereocenters. The number of nitrogens with one attached hydrogen (secondary N) is 1. The minimum atomic E-state index is 0.792. The summed E-state index contributed by atoms with van der Waals surface area (Å²) < 4.78 is 1.77. The van der Waals surface area contributed by atoms with Crippen LogP contribution in [-0.2, 0) is 5.75 Å². The van der Waals surface area contributed by atoms with Gasteiger partial charge in [0.25, 0.3) is 0 Å². The average Bonchev–Trinajstić information content (AvgIpc) is 3.17. The highest BCUT2D eigenvalue weighted by Crippen LogP contribution is 2.29. The SMILES string of the molecule is Cc1[nH]c2ccccc2c1CSc1nnnn1-c1ccccc1. The van der Waals surface area contributed by atoms with Gasteiger partial charge in [0.2, 0.25) is 5.16 Å². The van der Waals surface area contributed by atoms with E-state index in [1.807, 2.05) is 36.4 Å². The van der Waals surface area contributed by atoms with Crippen LogP contribution in [0.4, 0.5) is 0 Å². The zero-order chi connectivity index (χ0) is 15.6. The van der Waals surface area contributed by atoms with Crippen molar-refractivity contribution in [2.45, 2.75) is 17.8 Å². The molecule has 2 aromatic heterocycles. The molecule has 114 valence electrons. The van der Waals surface area contributed by atoms with Crippen molar-refractivity contribution in [1.29, 1.82) is 0 Å². The Kier molecular flexibility index (Phi) is 3.59. The van der Waals surface area contributed by atoms with Gasteiger partial charge in [0, 0.05) is 22.3 Å². The standard InChI is InChI=1S/C17H15N5S/c1-12-15(14-9-5-6-10-16(14)18-12)11-23-17-19-20-21-22(17)13-7-3-2-4-8-13/h2-10,18H,11H2,1H3. The van der Waals surface area contributed by atoms with Crippen molar-refractivity contribution >= 4 is 22.7 Å². The first-order valence-corrected chi connectivity index (χ1v) is 8.34. The Bertz CT molecular complexity index is 942. The minimum Gasteiger partial charge on any atom is -0.358 e. The molecule has 0 spiro atoms. The number of para-hydroxylation sites is 2. The van der Waals surface area contributed by atoms with Gasteiger partial charge in [-0.2, -0.15) is 4.68 Å². The summed E-state index contributed by atoms with van der Waals surface area (Å²) in [6, 6.07) is 18.3. The second kappa shape index (κ2) is 5.89. The minimum absolute atomic E-state index is 0.792. The predicted octanol–water partition coefficient (Wildman–Crippen LogP) is 3.74. The van der Waals surface area contributed by atoms with E-state index < -0.39 is 0 Å². The molecule has 0 bridgehead atoms. The molecule has 5 nitrogen and oxygen atoms in total. The number of H-pyrrole nitrogens is 1. The molecule has 2 heterocycles. The summed E-state index contributed by atoms with van der Waals surface area (Å²) in [5.41, 5.74) is 4.63. The van der Waals surface area contributed by atoms with Crippen LogP contribution in [-0.4, -0.2) is 25.2 Å². The van der Waals surface area contributed by atoms with Gasteiger partial charge >= 0.3 is 0 Å². The van der Waals surface area contributed by atoms with E-state index in [4.69, 9.17) is 0 Å².